The zero-order valence-electron chi connectivity index (χ0n) is 13.9. The van der Waals surface area contributed by atoms with E-state index in [0.717, 1.165) is 28.2 Å². The van der Waals surface area contributed by atoms with Crippen LogP contribution in [0, 0.1) is 36.5 Å². The normalized spacial score (nSPS) is 10.4. The minimum atomic E-state index is 0.611. The molecule has 2 heterocycles. The van der Waals surface area contributed by atoms with E-state index in [-0.39, 0.29) is 0 Å². The van der Waals surface area contributed by atoms with Gasteiger partial charge in [0.1, 0.15) is 6.07 Å². The van der Waals surface area contributed by atoms with Gasteiger partial charge in [0, 0.05) is 30.2 Å². The summed E-state index contributed by atoms with van der Waals surface area (Å²) in [6.07, 6.45) is 1.91. The van der Waals surface area contributed by atoms with Gasteiger partial charge in [-0.15, -0.1) is 0 Å². The van der Waals surface area contributed by atoms with Gasteiger partial charge in [-0.25, -0.2) is 0 Å². The molecule has 0 amide bonds. The van der Waals surface area contributed by atoms with Crippen molar-refractivity contribution in [3.63, 3.8) is 0 Å². The highest BCUT2D eigenvalue weighted by Crippen LogP contribution is 2.32. The zero-order valence-corrected chi connectivity index (χ0v) is 13.9. The third-order valence-electron chi connectivity index (χ3n) is 4.29. The summed E-state index contributed by atoms with van der Waals surface area (Å²) in [5, 5.41) is 23.0. The molecule has 0 radical (unpaired) electrons. The Labute approximate surface area is 141 Å². The Morgan fingerprint density at radius 3 is 2.25 bits per heavy atom. The first kappa shape index (κ1) is 15.6. The Kier molecular flexibility index (Phi) is 3.93. The van der Waals surface area contributed by atoms with E-state index >= 15 is 0 Å². The molecule has 0 N–H and O–H groups in total. The molecule has 0 aliphatic carbocycles. The lowest BCUT2D eigenvalue weighted by atomic mass is 10.0. The van der Waals surface area contributed by atoms with Crippen LogP contribution in [0.25, 0.3) is 11.1 Å². The van der Waals surface area contributed by atoms with Crippen LogP contribution in [0.15, 0.2) is 36.5 Å². The van der Waals surface area contributed by atoms with Gasteiger partial charge < -0.3 is 4.57 Å². The SMILES string of the molecule is Cc1c(C#N)c(-c2ccc(C#N)cc2)c(C)n1Cc1ccn(C)n1. The molecule has 0 bridgehead atoms. The van der Waals surface area contributed by atoms with E-state index in [9.17, 15) is 5.26 Å². The van der Waals surface area contributed by atoms with Gasteiger partial charge in [0.2, 0.25) is 0 Å². The second-order valence-corrected chi connectivity index (χ2v) is 5.79. The third-order valence-corrected chi connectivity index (χ3v) is 4.29. The molecule has 3 aromatic rings. The van der Waals surface area contributed by atoms with E-state index in [4.69, 9.17) is 5.26 Å². The minimum Gasteiger partial charge on any atom is -0.341 e. The van der Waals surface area contributed by atoms with Crippen molar-refractivity contribution in [1.82, 2.24) is 14.3 Å². The van der Waals surface area contributed by atoms with E-state index in [1.54, 1.807) is 16.8 Å². The highest BCUT2D eigenvalue weighted by atomic mass is 15.3. The predicted octanol–water partition coefficient (Wildman–Crippen LogP) is 3.30. The van der Waals surface area contributed by atoms with E-state index in [2.05, 4.69) is 21.8 Å². The van der Waals surface area contributed by atoms with Crippen molar-refractivity contribution in [3.8, 4) is 23.3 Å². The molecule has 0 atom stereocenters. The van der Waals surface area contributed by atoms with Crippen LogP contribution < -0.4 is 0 Å². The van der Waals surface area contributed by atoms with Crippen molar-refractivity contribution in [1.29, 1.82) is 10.5 Å². The van der Waals surface area contributed by atoms with E-state index in [0.29, 0.717) is 17.7 Å². The fourth-order valence-electron chi connectivity index (χ4n) is 3.03. The molecule has 0 spiro atoms. The molecular formula is C19H17N5. The second kappa shape index (κ2) is 6.06. The van der Waals surface area contributed by atoms with Crippen LogP contribution in [0.5, 0.6) is 0 Å². The van der Waals surface area contributed by atoms with Gasteiger partial charge in [-0.3, -0.25) is 4.68 Å². The summed E-state index contributed by atoms with van der Waals surface area (Å²) in [7, 11) is 1.89. The smallest absolute Gasteiger partial charge is 0.102 e. The molecule has 0 unspecified atom stereocenters. The Morgan fingerprint density at radius 1 is 1.00 bits per heavy atom. The molecule has 0 saturated heterocycles. The van der Waals surface area contributed by atoms with Crippen LogP contribution in [0.3, 0.4) is 0 Å². The monoisotopic (exact) mass is 315 g/mol. The van der Waals surface area contributed by atoms with Crippen LogP contribution in [0.2, 0.25) is 0 Å². The van der Waals surface area contributed by atoms with Gasteiger partial charge in [0.05, 0.1) is 29.4 Å². The average molecular weight is 315 g/mol. The van der Waals surface area contributed by atoms with E-state index in [1.165, 1.54) is 0 Å². The topological polar surface area (TPSA) is 70.3 Å². The molecule has 2 aromatic heterocycles. The van der Waals surface area contributed by atoms with Gasteiger partial charge in [-0.2, -0.15) is 15.6 Å². The first-order chi connectivity index (χ1) is 11.5. The van der Waals surface area contributed by atoms with Gasteiger partial charge in [0.15, 0.2) is 0 Å². The van der Waals surface area contributed by atoms with Crippen molar-refractivity contribution in [2.45, 2.75) is 20.4 Å². The van der Waals surface area contributed by atoms with E-state index in [1.807, 2.05) is 45.3 Å². The lowest BCUT2D eigenvalue weighted by Gasteiger charge is -2.08. The molecule has 24 heavy (non-hydrogen) atoms. The summed E-state index contributed by atoms with van der Waals surface area (Å²) in [4.78, 5) is 0. The van der Waals surface area contributed by atoms with Crippen LogP contribution >= 0.6 is 0 Å². The van der Waals surface area contributed by atoms with Crippen molar-refractivity contribution >= 4 is 0 Å². The molecule has 0 aliphatic heterocycles. The maximum absolute atomic E-state index is 9.63. The Balaban J connectivity index is 2.11. The third kappa shape index (κ3) is 2.57. The van der Waals surface area contributed by atoms with Gasteiger partial charge in [-0.1, -0.05) is 12.1 Å². The van der Waals surface area contributed by atoms with Gasteiger partial charge >= 0.3 is 0 Å². The number of hydrogen-bond donors (Lipinski definition) is 0. The summed E-state index contributed by atoms with van der Waals surface area (Å²) >= 11 is 0. The largest absolute Gasteiger partial charge is 0.341 e. The van der Waals surface area contributed by atoms with Crippen LogP contribution in [0.1, 0.15) is 28.2 Å². The molecular weight excluding hydrogens is 298 g/mol. The van der Waals surface area contributed by atoms with Crippen molar-refractivity contribution < 1.29 is 0 Å². The average Bonchev–Trinajstić information content (AvgIpc) is 3.10. The number of aryl methyl sites for hydroxylation is 1. The maximum Gasteiger partial charge on any atom is 0.102 e. The highest BCUT2D eigenvalue weighted by Gasteiger charge is 2.19. The molecule has 0 fully saturated rings. The number of rotatable bonds is 3. The molecule has 1 aromatic carbocycles. The summed E-state index contributed by atoms with van der Waals surface area (Å²) in [5.74, 6) is 0. The fourth-order valence-corrected chi connectivity index (χ4v) is 3.03. The quantitative estimate of drug-likeness (QED) is 0.744. The standard InChI is InChI=1S/C19H17N5/c1-13-18(11-21)19(16-6-4-15(10-20)5-7-16)14(2)24(13)12-17-8-9-23(3)22-17/h4-9H,12H2,1-3H3. The lowest BCUT2D eigenvalue weighted by molar-refractivity contribution is 0.688. The summed E-state index contributed by atoms with van der Waals surface area (Å²) in [6.45, 7) is 4.61. The number of benzene rings is 1. The van der Waals surface area contributed by atoms with Gasteiger partial charge in [0.25, 0.3) is 0 Å². The van der Waals surface area contributed by atoms with Crippen molar-refractivity contribution in [2.24, 2.45) is 7.05 Å². The molecule has 5 nitrogen and oxygen atoms in total. The Hall–Kier alpha value is -3.31. The zero-order chi connectivity index (χ0) is 17.3. The van der Waals surface area contributed by atoms with Crippen molar-refractivity contribution in [3.05, 3.63) is 64.7 Å². The van der Waals surface area contributed by atoms with E-state index < -0.39 is 0 Å². The summed E-state index contributed by atoms with van der Waals surface area (Å²) in [6, 6.07) is 13.8. The fraction of sp³-hybridized carbons (Fsp3) is 0.211. The number of nitriles is 2. The molecule has 0 aliphatic rings. The second-order valence-electron chi connectivity index (χ2n) is 5.79. The maximum atomic E-state index is 9.63. The van der Waals surface area contributed by atoms with Crippen LogP contribution in [0.4, 0.5) is 0 Å². The Morgan fingerprint density at radius 2 is 1.71 bits per heavy atom. The lowest BCUT2D eigenvalue weighted by Crippen LogP contribution is -2.05. The molecule has 118 valence electrons. The molecule has 5 heteroatoms. The Bertz CT molecular complexity index is 975. The minimum absolute atomic E-state index is 0.611. The number of aromatic nitrogens is 3. The van der Waals surface area contributed by atoms with Gasteiger partial charge in [-0.05, 0) is 37.6 Å². The van der Waals surface area contributed by atoms with Crippen LogP contribution in [-0.4, -0.2) is 14.3 Å². The molecule has 0 saturated carbocycles. The summed E-state index contributed by atoms with van der Waals surface area (Å²) < 4.78 is 3.89. The summed E-state index contributed by atoms with van der Waals surface area (Å²) in [5.41, 5.74) is 6.07. The van der Waals surface area contributed by atoms with Crippen LogP contribution in [-0.2, 0) is 13.6 Å². The predicted molar refractivity (Wildman–Crippen MR) is 91.1 cm³/mol. The first-order valence-corrected chi connectivity index (χ1v) is 7.64. The molecule has 3 rings (SSSR count). The van der Waals surface area contributed by atoms with Crippen molar-refractivity contribution in [2.75, 3.05) is 0 Å². The number of hydrogen-bond acceptors (Lipinski definition) is 3. The highest BCUT2D eigenvalue weighted by molar-refractivity contribution is 5.75. The number of nitrogens with zero attached hydrogens (tertiary/aromatic N) is 5. The first-order valence-electron chi connectivity index (χ1n) is 7.64.